The average molecular weight is 313 g/mol. The number of amides is 1. The molecule has 7 nitrogen and oxygen atoms in total. The lowest BCUT2D eigenvalue weighted by atomic mass is 10.2. The SMILES string of the molecule is C[C@@H](Oc1ccc([N+](=O)[O-])cc1)C(=O)N/N=C\c1ccccc1. The van der Waals surface area contributed by atoms with E-state index < -0.39 is 16.9 Å². The van der Waals surface area contributed by atoms with Gasteiger partial charge in [-0.15, -0.1) is 0 Å². The molecule has 0 radical (unpaired) electrons. The molecule has 118 valence electrons. The van der Waals surface area contributed by atoms with Gasteiger partial charge in [0, 0.05) is 12.1 Å². The van der Waals surface area contributed by atoms with Crippen molar-refractivity contribution in [1.29, 1.82) is 0 Å². The van der Waals surface area contributed by atoms with E-state index in [1.165, 1.54) is 30.5 Å². The number of non-ortho nitro benzene ring substituents is 1. The molecule has 0 bridgehead atoms. The number of nitrogens with zero attached hydrogens (tertiary/aromatic N) is 2. The first-order valence-corrected chi connectivity index (χ1v) is 6.85. The Bertz CT molecular complexity index is 699. The minimum absolute atomic E-state index is 0.0399. The maximum absolute atomic E-state index is 11.9. The van der Waals surface area contributed by atoms with Gasteiger partial charge in [-0.05, 0) is 24.6 Å². The highest BCUT2D eigenvalue weighted by molar-refractivity contribution is 5.84. The molecule has 0 saturated heterocycles. The maximum Gasteiger partial charge on any atom is 0.280 e. The first-order chi connectivity index (χ1) is 11.1. The van der Waals surface area contributed by atoms with E-state index in [1.54, 1.807) is 6.92 Å². The van der Waals surface area contributed by atoms with Crippen molar-refractivity contribution in [3.05, 3.63) is 70.3 Å². The Hall–Kier alpha value is -3.22. The number of nitrogens with one attached hydrogen (secondary N) is 1. The Labute approximate surface area is 132 Å². The molecule has 0 aliphatic heterocycles. The van der Waals surface area contributed by atoms with E-state index in [1.807, 2.05) is 30.3 Å². The van der Waals surface area contributed by atoms with Crippen LogP contribution in [0.15, 0.2) is 59.7 Å². The summed E-state index contributed by atoms with van der Waals surface area (Å²) in [6, 6.07) is 14.8. The van der Waals surface area contributed by atoms with Gasteiger partial charge in [-0.3, -0.25) is 14.9 Å². The number of ether oxygens (including phenoxy) is 1. The van der Waals surface area contributed by atoms with Crippen LogP contribution in [0.2, 0.25) is 0 Å². The number of hydrogen-bond acceptors (Lipinski definition) is 5. The van der Waals surface area contributed by atoms with E-state index in [0.29, 0.717) is 5.75 Å². The largest absolute Gasteiger partial charge is 0.481 e. The van der Waals surface area contributed by atoms with Crippen LogP contribution in [-0.2, 0) is 4.79 Å². The lowest BCUT2D eigenvalue weighted by Gasteiger charge is -2.12. The van der Waals surface area contributed by atoms with Crippen molar-refractivity contribution in [1.82, 2.24) is 5.43 Å². The second-order valence-electron chi connectivity index (χ2n) is 4.66. The van der Waals surface area contributed by atoms with Gasteiger partial charge < -0.3 is 4.74 Å². The van der Waals surface area contributed by atoms with Gasteiger partial charge in [0.25, 0.3) is 11.6 Å². The summed E-state index contributed by atoms with van der Waals surface area (Å²) >= 11 is 0. The number of carbonyl (C=O) groups excluding carboxylic acids is 1. The van der Waals surface area contributed by atoms with Gasteiger partial charge in [0.15, 0.2) is 6.10 Å². The van der Waals surface area contributed by atoms with Crippen molar-refractivity contribution >= 4 is 17.8 Å². The summed E-state index contributed by atoms with van der Waals surface area (Å²) < 4.78 is 5.41. The van der Waals surface area contributed by atoms with Crippen molar-refractivity contribution in [2.24, 2.45) is 5.10 Å². The molecule has 1 atom stereocenters. The summed E-state index contributed by atoms with van der Waals surface area (Å²) in [7, 11) is 0. The van der Waals surface area contributed by atoms with Gasteiger partial charge in [-0.1, -0.05) is 30.3 Å². The third kappa shape index (κ3) is 4.92. The van der Waals surface area contributed by atoms with E-state index >= 15 is 0 Å². The molecule has 23 heavy (non-hydrogen) atoms. The van der Waals surface area contributed by atoms with Crippen LogP contribution in [-0.4, -0.2) is 23.1 Å². The summed E-state index contributed by atoms with van der Waals surface area (Å²) in [5.74, 6) is -0.0548. The highest BCUT2D eigenvalue weighted by Crippen LogP contribution is 2.18. The van der Waals surface area contributed by atoms with Crippen molar-refractivity contribution in [2.75, 3.05) is 0 Å². The van der Waals surface area contributed by atoms with Gasteiger partial charge in [-0.2, -0.15) is 5.10 Å². The standard InChI is InChI=1S/C16H15N3O4/c1-12(23-15-9-7-14(8-10-15)19(21)22)16(20)18-17-11-13-5-3-2-4-6-13/h2-12H,1H3,(H,18,20)/b17-11-/t12-/m1/s1. The molecule has 2 aromatic carbocycles. The van der Waals surface area contributed by atoms with Gasteiger partial charge >= 0.3 is 0 Å². The summed E-state index contributed by atoms with van der Waals surface area (Å²) in [6.07, 6.45) is 0.737. The first-order valence-electron chi connectivity index (χ1n) is 6.85. The van der Waals surface area contributed by atoms with E-state index in [-0.39, 0.29) is 5.69 Å². The molecule has 2 aromatic rings. The molecule has 0 spiro atoms. The third-order valence-corrected chi connectivity index (χ3v) is 2.92. The molecule has 0 saturated carbocycles. The van der Waals surface area contributed by atoms with Crippen LogP contribution in [0.3, 0.4) is 0 Å². The molecule has 0 fully saturated rings. The highest BCUT2D eigenvalue weighted by atomic mass is 16.6. The fraction of sp³-hybridized carbons (Fsp3) is 0.125. The predicted octanol–water partition coefficient (Wildman–Crippen LogP) is 2.51. The average Bonchev–Trinajstić information content (AvgIpc) is 2.56. The van der Waals surface area contributed by atoms with Crippen LogP contribution in [0, 0.1) is 10.1 Å². The Balaban J connectivity index is 1.87. The second kappa shape index (κ2) is 7.69. The number of hydrogen-bond donors (Lipinski definition) is 1. The zero-order valence-electron chi connectivity index (χ0n) is 12.4. The Morgan fingerprint density at radius 3 is 2.48 bits per heavy atom. The Morgan fingerprint density at radius 2 is 1.87 bits per heavy atom. The minimum atomic E-state index is -0.788. The Kier molecular flexibility index (Phi) is 5.40. The number of rotatable bonds is 6. The topological polar surface area (TPSA) is 93.8 Å². The monoisotopic (exact) mass is 313 g/mol. The van der Waals surface area contributed by atoms with Gasteiger partial charge in [0.2, 0.25) is 0 Å². The molecule has 1 N–H and O–H groups in total. The predicted molar refractivity (Wildman–Crippen MR) is 85.4 cm³/mol. The quantitative estimate of drug-likeness (QED) is 0.503. The number of carbonyl (C=O) groups is 1. The molecule has 0 heterocycles. The lowest BCUT2D eigenvalue weighted by molar-refractivity contribution is -0.384. The third-order valence-electron chi connectivity index (χ3n) is 2.92. The van der Waals surface area contributed by atoms with Crippen LogP contribution >= 0.6 is 0 Å². The van der Waals surface area contributed by atoms with Gasteiger partial charge in [-0.25, -0.2) is 5.43 Å². The molecule has 0 aromatic heterocycles. The van der Waals surface area contributed by atoms with Crippen LogP contribution < -0.4 is 10.2 Å². The van der Waals surface area contributed by atoms with Gasteiger partial charge in [0.1, 0.15) is 5.75 Å². The van der Waals surface area contributed by atoms with Crippen LogP contribution in [0.4, 0.5) is 5.69 Å². The van der Waals surface area contributed by atoms with Crippen LogP contribution in [0.25, 0.3) is 0 Å². The summed E-state index contributed by atoms with van der Waals surface area (Å²) in [6.45, 7) is 1.56. The summed E-state index contributed by atoms with van der Waals surface area (Å²) in [4.78, 5) is 21.9. The smallest absolute Gasteiger partial charge is 0.280 e. The molecule has 0 aliphatic rings. The number of hydrazone groups is 1. The summed E-state index contributed by atoms with van der Waals surface area (Å²) in [5.41, 5.74) is 3.20. The van der Waals surface area contributed by atoms with Crippen molar-refractivity contribution in [3.63, 3.8) is 0 Å². The molecule has 1 amide bonds. The van der Waals surface area contributed by atoms with Crippen molar-refractivity contribution in [2.45, 2.75) is 13.0 Å². The van der Waals surface area contributed by atoms with Crippen LogP contribution in [0.5, 0.6) is 5.75 Å². The normalized spacial score (nSPS) is 11.9. The molecule has 2 rings (SSSR count). The van der Waals surface area contributed by atoms with E-state index in [9.17, 15) is 14.9 Å². The first kappa shape index (κ1) is 16.2. The Morgan fingerprint density at radius 1 is 1.22 bits per heavy atom. The molecular formula is C16H15N3O4. The molecular weight excluding hydrogens is 298 g/mol. The number of nitro groups is 1. The minimum Gasteiger partial charge on any atom is -0.481 e. The maximum atomic E-state index is 11.9. The molecule has 7 heteroatoms. The van der Waals surface area contributed by atoms with Crippen LogP contribution in [0.1, 0.15) is 12.5 Å². The van der Waals surface area contributed by atoms with Crippen molar-refractivity contribution < 1.29 is 14.5 Å². The van der Waals surface area contributed by atoms with E-state index in [4.69, 9.17) is 4.74 Å². The van der Waals surface area contributed by atoms with Crippen molar-refractivity contribution in [3.8, 4) is 5.75 Å². The fourth-order valence-electron chi connectivity index (χ4n) is 1.70. The second-order valence-corrected chi connectivity index (χ2v) is 4.66. The fourth-order valence-corrected chi connectivity index (χ4v) is 1.70. The zero-order chi connectivity index (χ0) is 16.7. The zero-order valence-corrected chi connectivity index (χ0v) is 12.4. The van der Waals surface area contributed by atoms with Gasteiger partial charge in [0.05, 0.1) is 11.1 Å². The molecule has 0 unspecified atom stereocenters. The van der Waals surface area contributed by atoms with E-state index in [0.717, 1.165) is 5.56 Å². The lowest BCUT2D eigenvalue weighted by Crippen LogP contribution is -2.33. The highest BCUT2D eigenvalue weighted by Gasteiger charge is 2.14. The molecule has 0 aliphatic carbocycles. The van der Waals surface area contributed by atoms with E-state index in [2.05, 4.69) is 10.5 Å². The summed E-state index contributed by atoms with van der Waals surface area (Å²) in [5, 5.41) is 14.4. The number of nitro benzene ring substituents is 1. The number of benzene rings is 2.